The van der Waals surface area contributed by atoms with Crippen LogP contribution in [0.25, 0.3) is 0 Å². The minimum absolute atomic E-state index is 0.0714. The second-order valence-electron chi connectivity index (χ2n) is 3.64. The van der Waals surface area contributed by atoms with Gasteiger partial charge >= 0.3 is 0 Å². The van der Waals surface area contributed by atoms with E-state index < -0.39 is 0 Å². The number of oxime groups is 1. The van der Waals surface area contributed by atoms with Gasteiger partial charge in [-0.2, -0.15) is 0 Å². The second-order valence-corrected chi connectivity index (χ2v) is 4.64. The first kappa shape index (κ1) is 12.4. The molecule has 4 nitrogen and oxygen atoms in total. The Morgan fingerprint density at radius 1 is 1.22 bits per heavy atom. The highest BCUT2D eigenvalue weighted by atomic mass is 32.2. The first-order chi connectivity index (χ1) is 8.79. The number of rotatable bonds is 4. The van der Waals surface area contributed by atoms with Crippen molar-refractivity contribution in [2.45, 2.75) is 10.8 Å². The van der Waals surface area contributed by atoms with Gasteiger partial charge in [0.15, 0.2) is 5.84 Å². The monoisotopic (exact) mass is 259 g/mol. The number of thioether (sulfide) groups is 1. The number of amidine groups is 1. The van der Waals surface area contributed by atoms with Gasteiger partial charge in [-0.05, 0) is 17.7 Å². The molecule has 92 valence electrons. The van der Waals surface area contributed by atoms with Crippen LogP contribution in [0.15, 0.2) is 58.8 Å². The predicted molar refractivity (Wildman–Crippen MR) is 72.8 cm³/mol. The Kier molecular flexibility index (Phi) is 4.20. The third kappa shape index (κ3) is 3.24. The molecule has 0 spiro atoms. The summed E-state index contributed by atoms with van der Waals surface area (Å²) in [5.41, 5.74) is 7.33. The molecular weight excluding hydrogens is 246 g/mol. The molecule has 0 amide bonds. The molecule has 18 heavy (non-hydrogen) atoms. The summed E-state index contributed by atoms with van der Waals surface area (Å²) < 4.78 is 0. The van der Waals surface area contributed by atoms with Crippen molar-refractivity contribution in [1.29, 1.82) is 0 Å². The van der Waals surface area contributed by atoms with Crippen molar-refractivity contribution in [2.75, 3.05) is 0 Å². The van der Waals surface area contributed by atoms with Crippen molar-refractivity contribution in [3.8, 4) is 0 Å². The summed E-state index contributed by atoms with van der Waals surface area (Å²) in [4.78, 5) is 4.25. The molecule has 5 heteroatoms. The maximum absolute atomic E-state index is 8.54. The zero-order valence-corrected chi connectivity index (χ0v) is 10.5. The van der Waals surface area contributed by atoms with Gasteiger partial charge in [0.25, 0.3) is 0 Å². The largest absolute Gasteiger partial charge is 0.409 e. The van der Waals surface area contributed by atoms with Crippen LogP contribution in [0.1, 0.15) is 11.1 Å². The lowest BCUT2D eigenvalue weighted by molar-refractivity contribution is 0.318. The van der Waals surface area contributed by atoms with Gasteiger partial charge in [0.1, 0.15) is 0 Å². The quantitative estimate of drug-likeness (QED) is 0.291. The van der Waals surface area contributed by atoms with E-state index in [1.54, 1.807) is 24.0 Å². The summed E-state index contributed by atoms with van der Waals surface area (Å²) in [7, 11) is 0. The van der Waals surface area contributed by atoms with E-state index in [1.165, 1.54) is 5.56 Å². The molecule has 1 heterocycles. The van der Waals surface area contributed by atoms with E-state index in [0.29, 0.717) is 5.56 Å². The fourth-order valence-corrected chi connectivity index (χ4v) is 2.20. The molecular formula is C13H13N3OS. The first-order valence-electron chi connectivity index (χ1n) is 5.40. The van der Waals surface area contributed by atoms with Crippen LogP contribution in [0.5, 0.6) is 0 Å². The van der Waals surface area contributed by atoms with E-state index >= 15 is 0 Å². The fraction of sp³-hybridized carbons (Fsp3) is 0.0769. The van der Waals surface area contributed by atoms with Crippen molar-refractivity contribution in [3.05, 3.63) is 59.8 Å². The van der Waals surface area contributed by atoms with Gasteiger partial charge in [0.05, 0.1) is 5.03 Å². The number of hydrogen-bond donors (Lipinski definition) is 2. The van der Waals surface area contributed by atoms with E-state index in [4.69, 9.17) is 10.9 Å². The van der Waals surface area contributed by atoms with Crippen molar-refractivity contribution in [2.24, 2.45) is 10.9 Å². The van der Waals surface area contributed by atoms with Crippen LogP contribution in [0.3, 0.4) is 0 Å². The number of hydrogen-bond acceptors (Lipinski definition) is 4. The zero-order chi connectivity index (χ0) is 12.8. The lowest BCUT2D eigenvalue weighted by Gasteiger charge is -2.02. The van der Waals surface area contributed by atoms with E-state index in [-0.39, 0.29) is 5.84 Å². The van der Waals surface area contributed by atoms with Gasteiger partial charge in [-0.3, -0.25) is 0 Å². The molecule has 2 aromatic rings. The molecule has 0 bridgehead atoms. The molecule has 0 unspecified atom stereocenters. The number of benzene rings is 1. The van der Waals surface area contributed by atoms with Crippen LogP contribution < -0.4 is 5.73 Å². The van der Waals surface area contributed by atoms with Gasteiger partial charge in [-0.15, -0.1) is 11.8 Å². The summed E-state index contributed by atoms with van der Waals surface area (Å²) in [6, 6.07) is 13.8. The molecule has 0 fully saturated rings. The van der Waals surface area contributed by atoms with Crippen LogP contribution in [0.4, 0.5) is 0 Å². The van der Waals surface area contributed by atoms with Crippen LogP contribution in [-0.4, -0.2) is 16.0 Å². The number of nitrogens with zero attached hydrogens (tertiary/aromatic N) is 2. The summed E-state index contributed by atoms with van der Waals surface area (Å²) in [6.07, 6.45) is 1.60. The van der Waals surface area contributed by atoms with Gasteiger partial charge < -0.3 is 10.9 Å². The normalized spacial score (nSPS) is 11.4. The highest BCUT2D eigenvalue weighted by Crippen LogP contribution is 2.20. The molecule has 0 saturated carbocycles. The Hall–Kier alpha value is -2.01. The highest BCUT2D eigenvalue weighted by Gasteiger charge is 2.01. The predicted octanol–water partition coefficient (Wildman–Crippen LogP) is 2.47. The van der Waals surface area contributed by atoms with Crippen molar-refractivity contribution < 1.29 is 5.21 Å². The van der Waals surface area contributed by atoms with E-state index in [0.717, 1.165) is 10.8 Å². The van der Waals surface area contributed by atoms with E-state index in [1.807, 2.05) is 24.3 Å². The SMILES string of the molecule is N/C(=N\O)c1ccc(SCc2ccccc2)nc1. The topological polar surface area (TPSA) is 71.5 Å². The Labute approximate surface area is 110 Å². The van der Waals surface area contributed by atoms with Crippen molar-refractivity contribution in [3.63, 3.8) is 0 Å². The Morgan fingerprint density at radius 2 is 2.00 bits per heavy atom. The minimum Gasteiger partial charge on any atom is -0.409 e. The smallest absolute Gasteiger partial charge is 0.171 e. The molecule has 0 atom stereocenters. The average molecular weight is 259 g/mol. The van der Waals surface area contributed by atoms with Gasteiger partial charge in [-0.1, -0.05) is 35.5 Å². The van der Waals surface area contributed by atoms with Crippen molar-refractivity contribution in [1.82, 2.24) is 4.98 Å². The molecule has 0 aliphatic rings. The van der Waals surface area contributed by atoms with Gasteiger partial charge in [0.2, 0.25) is 0 Å². The summed E-state index contributed by atoms with van der Waals surface area (Å²) in [5.74, 6) is 0.943. The van der Waals surface area contributed by atoms with Crippen LogP contribution in [-0.2, 0) is 5.75 Å². The standard InChI is InChI=1S/C13H13N3OS/c14-13(16-17)11-6-7-12(15-8-11)18-9-10-4-2-1-3-5-10/h1-8,17H,9H2,(H2,14,16). The lowest BCUT2D eigenvalue weighted by atomic mass is 10.2. The highest BCUT2D eigenvalue weighted by molar-refractivity contribution is 7.98. The summed E-state index contributed by atoms with van der Waals surface area (Å²) in [5, 5.41) is 12.4. The molecule has 0 aliphatic carbocycles. The first-order valence-corrected chi connectivity index (χ1v) is 6.39. The van der Waals surface area contributed by atoms with Crippen LogP contribution in [0, 0.1) is 0 Å². The third-order valence-corrected chi connectivity index (χ3v) is 3.38. The van der Waals surface area contributed by atoms with Crippen LogP contribution in [0.2, 0.25) is 0 Å². The number of nitrogens with two attached hydrogens (primary N) is 1. The number of aromatic nitrogens is 1. The lowest BCUT2D eigenvalue weighted by Crippen LogP contribution is -2.13. The molecule has 2 rings (SSSR count). The molecule has 0 saturated heterocycles. The third-order valence-electron chi connectivity index (χ3n) is 2.37. The minimum atomic E-state index is 0.0714. The van der Waals surface area contributed by atoms with Gasteiger partial charge in [-0.25, -0.2) is 4.98 Å². The second kappa shape index (κ2) is 6.07. The van der Waals surface area contributed by atoms with E-state index in [9.17, 15) is 0 Å². The molecule has 0 aliphatic heterocycles. The van der Waals surface area contributed by atoms with Crippen LogP contribution >= 0.6 is 11.8 Å². The summed E-state index contributed by atoms with van der Waals surface area (Å²) >= 11 is 1.65. The fourth-order valence-electron chi connectivity index (χ4n) is 1.41. The maximum atomic E-state index is 8.54. The maximum Gasteiger partial charge on any atom is 0.171 e. The zero-order valence-electron chi connectivity index (χ0n) is 9.65. The Morgan fingerprint density at radius 3 is 2.61 bits per heavy atom. The molecule has 1 aromatic heterocycles. The van der Waals surface area contributed by atoms with E-state index in [2.05, 4.69) is 22.3 Å². The molecule has 3 N–H and O–H groups in total. The van der Waals surface area contributed by atoms with Gasteiger partial charge in [0, 0.05) is 17.5 Å². The average Bonchev–Trinajstić information content (AvgIpc) is 2.46. The molecule has 0 radical (unpaired) electrons. The van der Waals surface area contributed by atoms with Crippen molar-refractivity contribution >= 4 is 17.6 Å². The Balaban J connectivity index is 1.99. The number of pyridine rings is 1. The molecule has 1 aromatic carbocycles. The Bertz CT molecular complexity index is 526. The summed E-state index contributed by atoms with van der Waals surface area (Å²) in [6.45, 7) is 0.